The Hall–Kier alpha value is -0.280. The predicted octanol–water partition coefficient (Wildman–Crippen LogP) is 1.85. The predicted molar refractivity (Wildman–Crippen MR) is 90.6 cm³/mol. The van der Waals surface area contributed by atoms with Crippen LogP contribution in [0.5, 0.6) is 0 Å². The second-order valence-corrected chi connectivity index (χ2v) is 7.10. The van der Waals surface area contributed by atoms with Gasteiger partial charge in [-0.05, 0) is 12.8 Å². The lowest BCUT2D eigenvalue weighted by molar-refractivity contribution is -0.883. The molecule has 0 saturated carbocycles. The summed E-state index contributed by atoms with van der Waals surface area (Å²) < 4.78 is 0.604. The van der Waals surface area contributed by atoms with E-state index in [0.717, 1.165) is 13.0 Å². The third-order valence-corrected chi connectivity index (χ3v) is 4.18. The van der Waals surface area contributed by atoms with Crippen LogP contribution in [-0.2, 0) is 4.79 Å². The van der Waals surface area contributed by atoms with Crippen LogP contribution >= 0.6 is 0 Å². The van der Waals surface area contributed by atoms with E-state index in [4.69, 9.17) is 5.11 Å². The molecule has 0 amide bonds. The van der Waals surface area contributed by atoms with E-state index in [1.807, 2.05) is 14.1 Å². The van der Waals surface area contributed by atoms with Crippen molar-refractivity contribution in [1.29, 1.82) is 0 Å². The van der Waals surface area contributed by atoms with Crippen LogP contribution in [0.25, 0.3) is 0 Å². The third kappa shape index (κ3) is 17.8. The normalized spacial score (nSPS) is 11.2. The number of carboxylic acids is 1. The van der Waals surface area contributed by atoms with E-state index in [1.54, 1.807) is 0 Å². The summed E-state index contributed by atoms with van der Waals surface area (Å²) in [6.07, 6.45) is 16.2. The molecule has 0 rings (SSSR count). The van der Waals surface area contributed by atoms with Crippen molar-refractivity contribution in [3.05, 3.63) is 0 Å². The Labute approximate surface area is 144 Å². The van der Waals surface area contributed by atoms with Crippen LogP contribution in [0.1, 0.15) is 84.0 Å². The van der Waals surface area contributed by atoms with Crippen LogP contribution in [0.2, 0.25) is 0 Å². The molecule has 0 saturated heterocycles. The number of carboxylic acid groups (broad SMARTS) is 1. The molecule has 0 aliphatic carbocycles. The summed E-state index contributed by atoms with van der Waals surface area (Å²) in [5, 5.41) is 8.82. The number of halogens is 1. The van der Waals surface area contributed by atoms with Crippen molar-refractivity contribution < 1.29 is 26.8 Å². The van der Waals surface area contributed by atoms with Crippen LogP contribution < -0.4 is 12.4 Å². The fourth-order valence-electron chi connectivity index (χ4n) is 2.83. The van der Waals surface area contributed by atoms with Crippen LogP contribution in [0, 0.1) is 0 Å². The van der Waals surface area contributed by atoms with Crippen LogP contribution in [0.3, 0.4) is 0 Å². The fraction of sp³-hybridized carbons (Fsp3) is 0.944. The maximum atomic E-state index is 10.7. The largest absolute Gasteiger partial charge is 1.00 e. The molecule has 0 aliphatic heterocycles. The first-order valence-electron chi connectivity index (χ1n) is 9.02. The van der Waals surface area contributed by atoms with Gasteiger partial charge in [0.15, 0.2) is 6.54 Å². The SMILES string of the molecule is CCCCCCCCCCCCCC[N+](C)(C)CC(=O)O.[Cl-]. The summed E-state index contributed by atoms with van der Waals surface area (Å²) in [5.41, 5.74) is 0. The molecule has 0 aromatic rings. The zero-order valence-electron chi connectivity index (χ0n) is 15.1. The second kappa shape index (κ2) is 15.6. The lowest BCUT2D eigenvalue weighted by atomic mass is 10.1. The van der Waals surface area contributed by atoms with E-state index in [1.165, 1.54) is 70.6 Å². The number of hydrogen-bond donors (Lipinski definition) is 1. The van der Waals surface area contributed by atoms with Crippen molar-refractivity contribution >= 4 is 5.97 Å². The first kappa shape index (κ1) is 24.0. The number of rotatable bonds is 15. The van der Waals surface area contributed by atoms with Gasteiger partial charge in [-0.25, -0.2) is 4.79 Å². The van der Waals surface area contributed by atoms with Crippen molar-refractivity contribution in [3.63, 3.8) is 0 Å². The molecule has 0 spiro atoms. The molecule has 0 heterocycles. The minimum Gasteiger partial charge on any atom is -1.00 e. The lowest BCUT2D eigenvalue weighted by Gasteiger charge is -2.27. The molecule has 4 heteroatoms. The second-order valence-electron chi connectivity index (χ2n) is 7.10. The quantitative estimate of drug-likeness (QED) is 0.366. The summed E-state index contributed by atoms with van der Waals surface area (Å²) in [7, 11) is 4.01. The molecule has 0 fully saturated rings. The maximum Gasteiger partial charge on any atom is 0.359 e. The van der Waals surface area contributed by atoms with Crippen LogP contribution in [0.4, 0.5) is 0 Å². The summed E-state index contributed by atoms with van der Waals surface area (Å²) in [4.78, 5) is 10.7. The lowest BCUT2D eigenvalue weighted by Crippen LogP contribution is -3.00. The molecule has 0 radical (unpaired) electrons. The number of carbonyl (C=O) groups is 1. The fourth-order valence-corrected chi connectivity index (χ4v) is 2.83. The highest BCUT2D eigenvalue weighted by molar-refractivity contribution is 5.67. The first-order chi connectivity index (χ1) is 9.98. The minimum atomic E-state index is -0.695. The Morgan fingerprint density at radius 3 is 1.50 bits per heavy atom. The molecule has 0 aliphatic rings. The average molecular weight is 336 g/mol. The molecule has 3 nitrogen and oxygen atoms in total. The summed E-state index contributed by atoms with van der Waals surface area (Å²) in [6.45, 7) is 3.48. The highest BCUT2D eigenvalue weighted by atomic mass is 35.5. The number of quaternary nitrogens is 1. The van der Waals surface area contributed by atoms with E-state index in [0.29, 0.717) is 4.48 Å². The Kier molecular flexibility index (Phi) is 17.0. The number of likely N-dealkylation sites (N-methyl/N-ethyl adjacent to an activating group) is 1. The smallest absolute Gasteiger partial charge is 0.359 e. The van der Waals surface area contributed by atoms with Gasteiger partial charge in [0.05, 0.1) is 20.6 Å². The summed E-state index contributed by atoms with van der Waals surface area (Å²) >= 11 is 0. The zero-order valence-corrected chi connectivity index (χ0v) is 15.8. The Balaban J connectivity index is 0. The Morgan fingerprint density at radius 1 is 0.773 bits per heavy atom. The number of hydrogen-bond acceptors (Lipinski definition) is 1. The van der Waals surface area contributed by atoms with Crippen LogP contribution in [0.15, 0.2) is 0 Å². The van der Waals surface area contributed by atoms with Crippen molar-refractivity contribution in [3.8, 4) is 0 Å². The summed E-state index contributed by atoms with van der Waals surface area (Å²) in [6, 6.07) is 0. The topological polar surface area (TPSA) is 37.3 Å². The van der Waals surface area contributed by atoms with Gasteiger partial charge in [0.25, 0.3) is 0 Å². The molecule has 1 N–H and O–H groups in total. The highest BCUT2D eigenvalue weighted by Gasteiger charge is 2.18. The van der Waals surface area contributed by atoms with Crippen LogP contribution in [-0.4, -0.2) is 42.7 Å². The van der Waals surface area contributed by atoms with Gasteiger partial charge < -0.3 is 22.0 Å². The molecule has 134 valence electrons. The van der Waals surface area contributed by atoms with Gasteiger partial charge in [0.2, 0.25) is 0 Å². The number of unbranched alkanes of at least 4 members (excludes halogenated alkanes) is 11. The van der Waals surface area contributed by atoms with Crippen molar-refractivity contribution in [1.82, 2.24) is 0 Å². The van der Waals surface area contributed by atoms with Gasteiger partial charge in [-0.3, -0.25) is 0 Å². The van der Waals surface area contributed by atoms with Gasteiger partial charge in [0, 0.05) is 0 Å². The molecular formula is C18H38ClNO2. The van der Waals surface area contributed by atoms with E-state index in [-0.39, 0.29) is 19.0 Å². The standard InChI is InChI=1S/C18H37NO2.ClH/c1-4-5-6-7-8-9-10-11-12-13-14-15-16-19(2,3)17-18(20)21;/h4-17H2,1-3H3;1H. The molecule has 0 atom stereocenters. The molecule has 0 unspecified atom stereocenters. The van der Waals surface area contributed by atoms with Gasteiger partial charge in [-0.2, -0.15) is 0 Å². The van der Waals surface area contributed by atoms with Gasteiger partial charge in [-0.1, -0.05) is 71.1 Å². The van der Waals surface area contributed by atoms with Gasteiger partial charge >= 0.3 is 5.97 Å². The van der Waals surface area contributed by atoms with Crippen molar-refractivity contribution in [2.24, 2.45) is 0 Å². The Morgan fingerprint density at radius 2 is 1.14 bits per heavy atom. The Bertz CT molecular complexity index is 257. The molecule has 0 aromatic carbocycles. The number of nitrogens with zero attached hydrogens (tertiary/aromatic N) is 1. The van der Waals surface area contributed by atoms with Crippen molar-refractivity contribution in [2.75, 3.05) is 27.2 Å². The van der Waals surface area contributed by atoms with Gasteiger partial charge in [0.1, 0.15) is 0 Å². The zero-order chi connectivity index (χ0) is 16.0. The minimum absolute atomic E-state index is 0. The van der Waals surface area contributed by atoms with E-state index < -0.39 is 5.97 Å². The van der Waals surface area contributed by atoms with E-state index >= 15 is 0 Å². The number of aliphatic carboxylic acids is 1. The summed E-state index contributed by atoms with van der Waals surface area (Å²) in [5.74, 6) is -0.695. The first-order valence-corrected chi connectivity index (χ1v) is 9.02. The average Bonchev–Trinajstić information content (AvgIpc) is 2.38. The van der Waals surface area contributed by atoms with E-state index in [9.17, 15) is 4.79 Å². The maximum absolute atomic E-state index is 10.7. The molecule has 0 aromatic heterocycles. The van der Waals surface area contributed by atoms with Gasteiger partial charge in [-0.15, -0.1) is 0 Å². The van der Waals surface area contributed by atoms with E-state index in [2.05, 4.69) is 6.92 Å². The third-order valence-electron chi connectivity index (χ3n) is 4.18. The highest BCUT2D eigenvalue weighted by Crippen LogP contribution is 2.12. The molecule has 0 bridgehead atoms. The molecular weight excluding hydrogens is 298 g/mol. The van der Waals surface area contributed by atoms with Crippen molar-refractivity contribution in [2.45, 2.75) is 84.0 Å². The molecule has 22 heavy (non-hydrogen) atoms. The monoisotopic (exact) mass is 335 g/mol.